The monoisotopic (exact) mass is 357 g/mol. The topological polar surface area (TPSA) is 129 Å². The molecule has 8 nitrogen and oxygen atoms in total. The van der Waals surface area contributed by atoms with Gasteiger partial charge >= 0.3 is 0 Å². The number of allylic oxidation sites excluding steroid dienone is 3. The Kier molecular flexibility index (Phi) is 6.32. The van der Waals surface area contributed by atoms with Crippen molar-refractivity contribution in [3.8, 4) is 0 Å². The molecule has 1 aromatic rings. The maximum absolute atomic E-state index is 11.6. The Morgan fingerprint density at radius 2 is 2.08 bits per heavy atom. The fraction of sp³-hybridized carbons (Fsp3) is 0.444. The number of aromatic nitrogens is 2. The minimum Gasteiger partial charge on any atom is -0.385 e. The molecule has 1 aliphatic carbocycles. The second-order valence-electron chi connectivity index (χ2n) is 7.27. The second-order valence-corrected chi connectivity index (χ2v) is 7.27. The molecule has 2 rings (SSSR count). The number of rotatable bonds is 8. The van der Waals surface area contributed by atoms with E-state index >= 15 is 0 Å². The third-order valence-corrected chi connectivity index (χ3v) is 3.79. The van der Waals surface area contributed by atoms with E-state index in [-0.39, 0.29) is 17.1 Å². The van der Waals surface area contributed by atoms with E-state index in [1.807, 2.05) is 20.8 Å². The van der Waals surface area contributed by atoms with E-state index < -0.39 is 5.91 Å². The highest BCUT2D eigenvalue weighted by atomic mass is 16.1. The molecule has 0 spiro atoms. The lowest BCUT2D eigenvalue weighted by Gasteiger charge is -2.19. The standard InChI is InChI=1S/C18H27N7O/c1-18(2,3)23-10-13(8-19)24-17-22-11-14(15(20)26)16(25-17)21-9-12-6-4-5-7-12/h4-5,8,10-12,19,23H,6-7,9H2,1-3H3,(H2,20,26)(H2,21,22,24,25)/b13-10+,19-8?. The highest BCUT2D eigenvalue weighted by molar-refractivity contribution is 5.97. The molecule has 0 fully saturated rings. The number of hydrogen-bond donors (Lipinski definition) is 5. The first-order valence-electron chi connectivity index (χ1n) is 8.59. The summed E-state index contributed by atoms with van der Waals surface area (Å²) in [6, 6.07) is 0. The molecule has 0 aliphatic heterocycles. The quantitative estimate of drug-likeness (QED) is 0.358. The zero-order valence-electron chi connectivity index (χ0n) is 15.5. The largest absolute Gasteiger partial charge is 0.385 e. The van der Waals surface area contributed by atoms with Gasteiger partial charge in [0, 0.05) is 30.7 Å². The van der Waals surface area contributed by atoms with Crippen molar-refractivity contribution in [2.24, 2.45) is 11.7 Å². The van der Waals surface area contributed by atoms with Gasteiger partial charge in [0.1, 0.15) is 5.82 Å². The summed E-state index contributed by atoms with van der Waals surface area (Å²) >= 11 is 0. The minimum absolute atomic E-state index is 0.130. The summed E-state index contributed by atoms with van der Waals surface area (Å²) in [5.74, 6) is 0.582. The van der Waals surface area contributed by atoms with Crippen LogP contribution in [0.1, 0.15) is 44.0 Å². The molecule has 1 aliphatic rings. The van der Waals surface area contributed by atoms with Gasteiger partial charge in [-0.2, -0.15) is 4.98 Å². The highest BCUT2D eigenvalue weighted by Gasteiger charge is 2.15. The summed E-state index contributed by atoms with van der Waals surface area (Å²) in [5.41, 5.74) is 6.03. The summed E-state index contributed by atoms with van der Waals surface area (Å²) < 4.78 is 0. The van der Waals surface area contributed by atoms with Crippen molar-refractivity contribution in [2.45, 2.75) is 39.2 Å². The van der Waals surface area contributed by atoms with Crippen LogP contribution in [0.4, 0.5) is 11.8 Å². The van der Waals surface area contributed by atoms with E-state index in [0.29, 0.717) is 24.0 Å². The van der Waals surface area contributed by atoms with Gasteiger partial charge in [0.25, 0.3) is 5.91 Å². The van der Waals surface area contributed by atoms with Crippen LogP contribution in [0.15, 0.2) is 30.2 Å². The summed E-state index contributed by atoms with van der Waals surface area (Å²) in [7, 11) is 0. The van der Waals surface area contributed by atoms with Crippen molar-refractivity contribution >= 4 is 23.9 Å². The predicted molar refractivity (Wildman–Crippen MR) is 104 cm³/mol. The molecule has 0 unspecified atom stereocenters. The van der Waals surface area contributed by atoms with E-state index in [9.17, 15) is 4.79 Å². The maximum atomic E-state index is 11.6. The summed E-state index contributed by atoms with van der Waals surface area (Å²) in [5, 5.41) is 16.9. The number of primary amides is 1. The number of amides is 1. The van der Waals surface area contributed by atoms with Crippen molar-refractivity contribution in [3.63, 3.8) is 0 Å². The van der Waals surface area contributed by atoms with Gasteiger partial charge in [-0.05, 0) is 39.5 Å². The van der Waals surface area contributed by atoms with Crippen molar-refractivity contribution in [3.05, 3.63) is 35.8 Å². The molecule has 8 heteroatoms. The molecule has 0 atom stereocenters. The first kappa shape index (κ1) is 19.4. The molecule has 1 aromatic heterocycles. The molecule has 0 saturated heterocycles. The van der Waals surface area contributed by atoms with Crippen molar-refractivity contribution in [1.29, 1.82) is 5.41 Å². The number of nitrogens with two attached hydrogens (primary N) is 1. The zero-order valence-corrected chi connectivity index (χ0v) is 15.5. The Labute approximate surface area is 153 Å². The molecule has 6 N–H and O–H groups in total. The lowest BCUT2D eigenvalue weighted by molar-refractivity contribution is 0.100. The molecule has 0 radical (unpaired) electrons. The Morgan fingerprint density at radius 1 is 1.38 bits per heavy atom. The lowest BCUT2D eigenvalue weighted by Crippen LogP contribution is -2.32. The Morgan fingerprint density at radius 3 is 2.65 bits per heavy atom. The van der Waals surface area contributed by atoms with Crippen LogP contribution in [0.5, 0.6) is 0 Å². The molecule has 0 bridgehead atoms. The number of nitrogens with one attached hydrogen (secondary N) is 4. The maximum Gasteiger partial charge on any atom is 0.254 e. The molecule has 0 saturated carbocycles. The van der Waals surface area contributed by atoms with Gasteiger partial charge in [-0.15, -0.1) is 0 Å². The van der Waals surface area contributed by atoms with Gasteiger partial charge in [0.05, 0.1) is 11.3 Å². The van der Waals surface area contributed by atoms with Gasteiger partial charge in [0.2, 0.25) is 5.95 Å². The number of carbonyl (C=O) groups excluding carboxylic acids is 1. The van der Waals surface area contributed by atoms with Crippen LogP contribution in [-0.4, -0.2) is 34.2 Å². The zero-order chi connectivity index (χ0) is 19.2. The van der Waals surface area contributed by atoms with E-state index in [4.69, 9.17) is 11.1 Å². The molecule has 0 aromatic carbocycles. The van der Waals surface area contributed by atoms with Gasteiger partial charge in [0.15, 0.2) is 0 Å². The summed E-state index contributed by atoms with van der Waals surface area (Å²) in [6.07, 6.45) is 10.6. The number of nitrogens with zero attached hydrogens (tertiary/aromatic N) is 2. The van der Waals surface area contributed by atoms with E-state index in [1.165, 1.54) is 12.4 Å². The van der Waals surface area contributed by atoms with Crippen molar-refractivity contribution < 1.29 is 4.79 Å². The van der Waals surface area contributed by atoms with Crippen LogP contribution in [0, 0.1) is 11.3 Å². The average Bonchev–Trinajstić information content (AvgIpc) is 3.09. The molecular weight excluding hydrogens is 330 g/mol. The smallest absolute Gasteiger partial charge is 0.254 e. The fourth-order valence-electron chi connectivity index (χ4n) is 2.38. The third-order valence-electron chi connectivity index (χ3n) is 3.79. The van der Waals surface area contributed by atoms with Crippen LogP contribution in [0.2, 0.25) is 0 Å². The lowest BCUT2D eigenvalue weighted by atomic mass is 10.1. The van der Waals surface area contributed by atoms with E-state index in [1.54, 1.807) is 6.20 Å². The summed E-state index contributed by atoms with van der Waals surface area (Å²) in [4.78, 5) is 20.1. The molecular formula is C18H27N7O. The number of hydrogen-bond acceptors (Lipinski definition) is 7. The molecule has 140 valence electrons. The summed E-state index contributed by atoms with van der Waals surface area (Å²) in [6.45, 7) is 6.75. The predicted octanol–water partition coefficient (Wildman–Crippen LogP) is 2.24. The normalized spacial score (nSPS) is 15.0. The van der Waals surface area contributed by atoms with Crippen LogP contribution in [0.25, 0.3) is 0 Å². The first-order valence-corrected chi connectivity index (χ1v) is 8.59. The fourth-order valence-corrected chi connectivity index (χ4v) is 2.38. The van der Waals surface area contributed by atoms with E-state index in [0.717, 1.165) is 12.8 Å². The SMILES string of the molecule is CC(C)(C)N/C=C(\C=N)Nc1ncc(C(N)=O)c(NCC2CC=CC2)n1. The Hall–Kier alpha value is -2.90. The third kappa shape index (κ3) is 5.87. The average molecular weight is 357 g/mol. The molecule has 26 heavy (non-hydrogen) atoms. The van der Waals surface area contributed by atoms with E-state index in [2.05, 4.69) is 38.1 Å². The Bertz CT molecular complexity index is 711. The van der Waals surface area contributed by atoms with Gasteiger partial charge in [-0.1, -0.05) is 12.2 Å². The molecule has 1 heterocycles. The van der Waals surface area contributed by atoms with Gasteiger partial charge < -0.3 is 27.1 Å². The molecule has 1 amide bonds. The van der Waals surface area contributed by atoms with Crippen LogP contribution in [-0.2, 0) is 0 Å². The van der Waals surface area contributed by atoms with Gasteiger partial charge in [-0.3, -0.25) is 4.79 Å². The Balaban J connectivity index is 2.14. The van der Waals surface area contributed by atoms with Crippen LogP contribution in [0.3, 0.4) is 0 Å². The number of carbonyl (C=O) groups is 1. The van der Waals surface area contributed by atoms with Crippen molar-refractivity contribution in [1.82, 2.24) is 15.3 Å². The van der Waals surface area contributed by atoms with Crippen LogP contribution >= 0.6 is 0 Å². The minimum atomic E-state index is -0.583. The van der Waals surface area contributed by atoms with Crippen LogP contribution < -0.4 is 21.7 Å². The van der Waals surface area contributed by atoms with Crippen molar-refractivity contribution in [2.75, 3.05) is 17.2 Å². The van der Waals surface area contributed by atoms with Gasteiger partial charge in [-0.25, -0.2) is 4.98 Å². The number of anilines is 2. The first-order chi connectivity index (χ1) is 12.3. The second kappa shape index (κ2) is 8.46. The highest BCUT2D eigenvalue weighted by Crippen LogP contribution is 2.20.